The van der Waals surface area contributed by atoms with Crippen LogP contribution in [-0.4, -0.2) is 73.4 Å². The number of hydrogen-bond donors (Lipinski definition) is 3. The lowest BCUT2D eigenvalue weighted by molar-refractivity contribution is -0.870. The molecule has 79 heavy (non-hydrogen) atoms. The molecule has 0 aromatic carbocycles. The summed E-state index contributed by atoms with van der Waals surface area (Å²) < 4.78 is 23.8. The second-order valence-corrected chi connectivity index (χ2v) is 26.0. The van der Waals surface area contributed by atoms with Crippen LogP contribution in [0, 0.1) is 0 Å². The van der Waals surface area contributed by atoms with Gasteiger partial charge >= 0.3 is 7.82 Å². The summed E-state index contributed by atoms with van der Waals surface area (Å²) in [5.74, 6) is -0.186. The highest BCUT2D eigenvalue weighted by atomic mass is 31.2. The van der Waals surface area contributed by atoms with Gasteiger partial charge in [-0.15, -0.1) is 0 Å². The normalized spacial score (nSPS) is 14.1. The van der Waals surface area contributed by atoms with Crippen molar-refractivity contribution in [1.82, 2.24) is 5.32 Å². The van der Waals surface area contributed by atoms with Crippen molar-refractivity contribution in [3.63, 3.8) is 0 Å². The SMILES string of the molecule is CCCCCCC/C=C\C/C=C\C/C=C\CCCCCCCCCCCCCCC(=O)NC(COP(=O)(O)OCC[N+](C)(C)C)C(O)/C=C/CC/C=C/CCCCCCCCCCCCCCCCCCCCCCCCCC. The van der Waals surface area contributed by atoms with Crippen LogP contribution < -0.4 is 5.32 Å². The number of carbonyl (C=O) groups excluding carboxylic acids is 1. The third kappa shape index (κ3) is 63.6. The Hall–Kier alpha value is -1.80. The minimum atomic E-state index is -4.36. The number of amides is 1. The van der Waals surface area contributed by atoms with E-state index in [-0.39, 0.29) is 19.1 Å². The summed E-state index contributed by atoms with van der Waals surface area (Å²) in [7, 11) is 1.56. The molecule has 0 aliphatic heterocycles. The van der Waals surface area contributed by atoms with Gasteiger partial charge in [0.15, 0.2) is 0 Å². The Balaban J connectivity index is 4.13. The van der Waals surface area contributed by atoms with Crippen molar-refractivity contribution < 1.29 is 32.9 Å². The van der Waals surface area contributed by atoms with Gasteiger partial charge in [-0.3, -0.25) is 13.8 Å². The molecular formula is C70H134N2O6P+. The van der Waals surface area contributed by atoms with E-state index < -0.39 is 20.0 Å². The number of rotatable bonds is 63. The largest absolute Gasteiger partial charge is 0.472 e. The molecule has 0 spiro atoms. The van der Waals surface area contributed by atoms with Crippen LogP contribution in [0.4, 0.5) is 0 Å². The summed E-state index contributed by atoms with van der Waals surface area (Å²) in [5, 5.41) is 14.0. The monoisotopic (exact) mass is 1130 g/mol. The van der Waals surface area contributed by atoms with Gasteiger partial charge in [0.25, 0.3) is 0 Å². The first-order valence-electron chi connectivity index (χ1n) is 34.2. The minimum absolute atomic E-state index is 0.0547. The molecule has 0 fully saturated rings. The summed E-state index contributed by atoms with van der Waals surface area (Å²) in [5.41, 5.74) is 0. The lowest BCUT2D eigenvalue weighted by Crippen LogP contribution is -2.45. The zero-order valence-electron chi connectivity index (χ0n) is 53.1. The fourth-order valence-electron chi connectivity index (χ4n) is 10.1. The highest BCUT2D eigenvalue weighted by Crippen LogP contribution is 2.43. The van der Waals surface area contributed by atoms with Crippen LogP contribution in [0.25, 0.3) is 0 Å². The predicted molar refractivity (Wildman–Crippen MR) is 346 cm³/mol. The number of allylic oxidation sites excluding steroid dienone is 9. The molecule has 464 valence electrons. The van der Waals surface area contributed by atoms with E-state index in [0.717, 1.165) is 51.4 Å². The van der Waals surface area contributed by atoms with E-state index in [1.807, 2.05) is 27.2 Å². The maximum Gasteiger partial charge on any atom is 0.472 e. The summed E-state index contributed by atoms with van der Waals surface area (Å²) in [6.45, 7) is 4.82. The molecule has 0 heterocycles. The topological polar surface area (TPSA) is 105 Å². The number of phosphoric ester groups is 1. The van der Waals surface area contributed by atoms with Gasteiger partial charge in [0.05, 0.1) is 39.9 Å². The molecule has 1 amide bonds. The van der Waals surface area contributed by atoms with E-state index in [9.17, 15) is 19.4 Å². The van der Waals surface area contributed by atoms with Crippen molar-refractivity contribution in [3.8, 4) is 0 Å². The van der Waals surface area contributed by atoms with E-state index >= 15 is 0 Å². The third-order valence-electron chi connectivity index (χ3n) is 15.5. The number of aliphatic hydroxyl groups excluding tert-OH is 1. The van der Waals surface area contributed by atoms with Crippen molar-refractivity contribution in [2.75, 3.05) is 40.9 Å². The zero-order chi connectivity index (χ0) is 57.7. The smallest absolute Gasteiger partial charge is 0.387 e. The van der Waals surface area contributed by atoms with Crippen LogP contribution in [0.3, 0.4) is 0 Å². The van der Waals surface area contributed by atoms with Gasteiger partial charge in [-0.25, -0.2) is 4.57 Å². The highest BCUT2D eigenvalue weighted by molar-refractivity contribution is 7.47. The maximum atomic E-state index is 13.0. The number of hydrogen-bond acceptors (Lipinski definition) is 5. The van der Waals surface area contributed by atoms with Gasteiger partial charge in [-0.2, -0.15) is 0 Å². The van der Waals surface area contributed by atoms with E-state index in [1.54, 1.807) is 6.08 Å². The van der Waals surface area contributed by atoms with Crippen molar-refractivity contribution in [2.24, 2.45) is 0 Å². The molecule has 0 saturated carbocycles. The molecule has 9 heteroatoms. The maximum absolute atomic E-state index is 13.0. The first-order valence-corrected chi connectivity index (χ1v) is 35.7. The lowest BCUT2D eigenvalue weighted by Gasteiger charge is -2.25. The number of nitrogens with zero attached hydrogens (tertiary/aromatic N) is 1. The quantitative estimate of drug-likeness (QED) is 0.0243. The van der Waals surface area contributed by atoms with E-state index in [2.05, 4.69) is 67.8 Å². The molecule has 0 radical (unpaired) electrons. The predicted octanol–water partition coefficient (Wildman–Crippen LogP) is 21.6. The highest BCUT2D eigenvalue weighted by Gasteiger charge is 2.28. The molecule has 3 N–H and O–H groups in total. The third-order valence-corrected chi connectivity index (χ3v) is 16.4. The molecule has 0 saturated heterocycles. The van der Waals surface area contributed by atoms with Crippen molar-refractivity contribution in [2.45, 2.75) is 341 Å². The number of aliphatic hydroxyl groups is 1. The summed E-state index contributed by atoms with van der Waals surface area (Å²) in [4.78, 5) is 23.4. The first-order chi connectivity index (χ1) is 38.5. The van der Waals surface area contributed by atoms with Crippen LogP contribution in [0.5, 0.6) is 0 Å². The number of carbonyl (C=O) groups is 1. The molecule has 0 aromatic heterocycles. The van der Waals surface area contributed by atoms with Gasteiger partial charge < -0.3 is 19.8 Å². The van der Waals surface area contributed by atoms with Crippen LogP contribution in [0.1, 0.15) is 328 Å². The van der Waals surface area contributed by atoms with E-state index in [0.29, 0.717) is 17.4 Å². The molecule has 0 rings (SSSR count). The van der Waals surface area contributed by atoms with Crippen LogP contribution in [0.2, 0.25) is 0 Å². The van der Waals surface area contributed by atoms with E-state index in [1.165, 1.54) is 257 Å². The lowest BCUT2D eigenvalue weighted by atomic mass is 10.0. The summed E-state index contributed by atoms with van der Waals surface area (Å²) in [6.07, 6.45) is 83.6. The number of nitrogens with one attached hydrogen (secondary N) is 1. The average Bonchev–Trinajstić information content (AvgIpc) is 3.42. The molecule has 0 bridgehead atoms. The number of unbranched alkanes of at least 4 members (excludes halogenated alkanes) is 42. The number of phosphoric acid groups is 1. The molecule has 8 nitrogen and oxygen atoms in total. The Morgan fingerprint density at radius 2 is 0.734 bits per heavy atom. The summed E-state index contributed by atoms with van der Waals surface area (Å²) >= 11 is 0. The average molecular weight is 1130 g/mol. The molecular weight excluding hydrogens is 996 g/mol. The standard InChI is InChI=1S/C70H133N2O6P/c1-6-8-10-12-14-16-18-20-22-24-26-28-30-32-34-35-36-38-39-41-43-45-47-49-51-53-55-57-59-61-63-69(73)68(67-78-79(75,76)77-66-65-72(3,4)5)71-70(74)64-62-60-58-56-54-52-50-48-46-44-42-40-37-33-31-29-27-25-23-21-19-17-15-13-11-9-7-2/h19,21,25,27,31,33,53,55,61,63,68-69,73H,6-18,20,22-24,26,28-30,32,34-52,54,56-60,62,64-67H2,1-5H3,(H-,71,74,75,76)/p+1/b21-19-,27-25-,33-31-,55-53+,63-61+. The molecule has 0 aliphatic carbocycles. The van der Waals surface area contributed by atoms with E-state index in [4.69, 9.17) is 9.05 Å². The molecule has 3 atom stereocenters. The van der Waals surface area contributed by atoms with Gasteiger partial charge in [0.2, 0.25) is 5.91 Å². The number of quaternary nitrogens is 1. The van der Waals surface area contributed by atoms with Gasteiger partial charge in [0, 0.05) is 6.42 Å². The second-order valence-electron chi connectivity index (χ2n) is 24.5. The second kappa shape index (κ2) is 60.8. The number of likely N-dealkylation sites (N-methyl/N-ethyl adjacent to an activating group) is 1. The fraction of sp³-hybridized carbons (Fsp3) is 0.843. The van der Waals surface area contributed by atoms with Gasteiger partial charge in [0.1, 0.15) is 13.2 Å². The fourth-order valence-corrected chi connectivity index (χ4v) is 10.9. The molecule has 0 aliphatic rings. The Labute approximate surface area is 492 Å². The zero-order valence-corrected chi connectivity index (χ0v) is 54.0. The molecule has 3 unspecified atom stereocenters. The Morgan fingerprint density at radius 1 is 0.430 bits per heavy atom. The Bertz CT molecular complexity index is 1470. The van der Waals surface area contributed by atoms with Crippen molar-refractivity contribution in [1.29, 1.82) is 0 Å². The minimum Gasteiger partial charge on any atom is -0.387 e. The van der Waals surface area contributed by atoms with Gasteiger partial charge in [-0.05, 0) is 70.6 Å². The molecule has 0 aromatic rings. The van der Waals surface area contributed by atoms with Crippen LogP contribution in [0.15, 0.2) is 60.8 Å². The Kier molecular flexibility index (Phi) is 59.4. The van der Waals surface area contributed by atoms with Crippen LogP contribution in [-0.2, 0) is 18.4 Å². The van der Waals surface area contributed by atoms with Gasteiger partial charge in [-0.1, -0.05) is 312 Å². The van der Waals surface area contributed by atoms with Crippen molar-refractivity contribution in [3.05, 3.63) is 60.8 Å². The first kappa shape index (κ1) is 77.2. The van der Waals surface area contributed by atoms with Crippen molar-refractivity contribution >= 4 is 13.7 Å². The van der Waals surface area contributed by atoms with Crippen LogP contribution >= 0.6 is 7.82 Å². The summed E-state index contributed by atoms with van der Waals surface area (Å²) in [6, 6.07) is -0.868. The Morgan fingerprint density at radius 3 is 1.10 bits per heavy atom.